The quantitative estimate of drug-likeness (QED) is 0.599. The molecular weight excluding hydrogens is 400 g/mol. The number of hydrogen-bond donors (Lipinski definition) is 1. The Balaban J connectivity index is 1.50. The summed E-state index contributed by atoms with van der Waals surface area (Å²) in [6, 6.07) is 25.2. The predicted molar refractivity (Wildman–Crippen MR) is 126 cm³/mol. The van der Waals surface area contributed by atoms with Gasteiger partial charge in [-0.2, -0.15) is 0 Å². The lowest BCUT2D eigenvalue weighted by atomic mass is 9.72. The fourth-order valence-electron chi connectivity index (χ4n) is 4.28. The molecule has 0 saturated carbocycles. The van der Waals surface area contributed by atoms with E-state index in [1.807, 2.05) is 90.7 Å². The van der Waals surface area contributed by atoms with E-state index in [4.69, 9.17) is 4.74 Å². The molecule has 0 aliphatic carbocycles. The SMILES string of the molecule is CC(=O)N1CCC(C(=O)Nc2ccc(Oc3cccc(C)c3)cc2)(c2ccccc2)CC1. The van der Waals surface area contributed by atoms with Crippen LogP contribution in [0.4, 0.5) is 5.69 Å². The van der Waals surface area contributed by atoms with Crippen molar-refractivity contribution in [3.63, 3.8) is 0 Å². The Morgan fingerprint density at radius 1 is 0.875 bits per heavy atom. The van der Waals surface area contributed by atoms with Crippen LogP contribution in [0.1, 0.15) is 30.9 Å². The normalized spacial score (nSPS) is 15.1. The number of amides is 2. The van der Waals surface area contributed by atoms with E-state index in [2.05, 4.69) is 5.32 Å². The van der Waals surface area contributed by atoms with Gasteiger partial charge in [-0.3, -0.25) is 9.59 Å². The van der Waals surface area contributed by atoms with Crippen LogP contribution in [0.25, 0.3) is 0 Å². The van der Waals surface area contributed by atoms with Crippen molar-refractivity contribution in [3.05, 3.63) is 90.0 Å². The molecule has 0 bridgehead atoms. The summed E-state index contributed by atoms with van der Waals surface area (Å²) in [5, 5.41) is 3.10. The molecule has 0 unspecified atom stereocenters. The minimum absolute atomic E-state index is 0.0424. The molecule has 3 aromatic carbocycles. The summed E-state index contributed by atoms with van der Waals surface area (Å²) in [7, 11) is 0. The highest BCUT2D eigenvalue weighted by molar-refractivity contribution is 5.99. The van der Waals surface area contributed by atoms with Crippen LogP contribution in [0.3, 0.4) is 0 Å². The second-order valence-electron chi connectivity index (χ2n) is 8.35. The average molecular weight is 429 g/mol. The molecule has 0 aromatic heterocycles. The minimum atomic E-state index is -0.663. The third-order valence-electron chi connectivity index (χ3n) is 6.16. The van der Waals surface area contributed by atoms with Gasteiger partial charge in [0, 0.05) is 25.7 Å². The lowest BCUT2D eigenvalue weighted by Crippen LogP contribution is -2.50. The number of ether oxygens (including phenoxy) is 1. The third-order valence-corrected chi connectivity index (χ3v) is 6.16. The summed E-state index contributed by atoms with van der Waals surface area (Å²) < 4.78 is 5.91. The highest BCUT2D eigenvalue weighted by Gasteiger charge is 2.43. The number of anilines is 1. The van der Waals surface area contributed by atoms with Gasteiger partial charge in [-0.05, 0) is 67.3 Å². The lowest BCUT2D eigenvalue weighted by Gasteiger charge is -2.40. The minimum Gasteiger partial charge on any atom is -0.457 e. The molecule has 2 amide bonds. The maximum absolute atomic E-state index is 13.5. The Morgan fingerprint density at radius 3 is 2.19 bits per heavy atom. The van der Waals surface area contributed by atoms with Gasteiger partial charge < -0.3 is 15.0 Å². The molecule has 1 fully saturated rings. The van der Waals surface area contributed by atoms with Gasteiger partial charge in [0.05, 0.1) is 5.41 Å². The van der Waals surface area contributed by atoms with Crippen molar-refractivity contribution in [1.29, 1.82) is 0 Å². The van der Waals surface area contributed by atoms with Crippen molar-refractivity contribution in [2.24, 2.45) is 0 Å². The van der Waals surface area contributed by atoms with Crippen LogP contribution in [0.15, 0.2) is 78.9 Å². The summed E-state index contributed by atoms with van der Waals surface area (Å²) >= 11 is 0. The van der Waals surface area contributed by atoms with E-state index >= 15 is 0 Å². The number of aryl methyl sites for hydroxylation is 1. The summed E-state index contributed by atoms with van der Waals surface area (Å²) in [5.41, 5.74) is 2.17. The number of nitrogens with zero attached hydrogens (tertiary/aromatic N) is 1. The molecule has 4 rings (SSSR count). The maximum atomic E-state index is 13.5. The van der Waals surface area contributed by atoms with E-state index < -0.39 is 5.41 Å². The Bertz CT molecular complexity index is 1090. The van der Waals surface area contributed by atoms with Crippen LogP contribution in [-0.2, 0) is 15.0 Å². The predicted octanol–water partition coefficient (Wildman–Crippen LogP) is 5.31. The number of carbonyl (C=O) groups excluding carboxylic acids is 2. The molecule has 1 aliphatic rings. The molecule has 164 valence electrons. The first kappa shape index (κ1) is 21.6. The smallest absolute Gasteiger partial charge is 0.235 e. The molecule has 32 heavy (non-hydrogen) atoms. The Morgan fingerprint density at radius 2 is 1.56 bits per heavy atom. The number of rotatable bonds is 5. The Kier molecular flexibility index (Phi) is 6.26. The lowest BCUT2D eigenvalue weighted by molar-refractivity contribution is -0.133. The number of piperidine rings is 1. The summed E-state index contributed by atoms with van der Waals surface area (Å²) in [5.74, 6) is 1.50. The van der Waals surface area contributed by atoms with Crippen molar-refractivity contribution < 1.29 is 14.3 Å². The summed E-state index contributed by atoms with van der Waals surface area (Å²) in [6.45, 7) is 4.74. The number of carbonyl (C=O) groups is 2. The molecular formula is C27H28N2O3. The van der Waals surface area contributed by atoms with Crippen LogP contribution in [0.2, 0.25) is 0 Å². The highest BCUT2D eigenvalue weighted by atomic mass is 16.5. The van der Waals surface area contributed by atoms with Crippen LogP contribution in [-0.4, -0.2) is 29.8 Å². The van der Waals surface area contributed by atoms with E-state index in [-0.39, 0.29) is 11.8 Å². The largest absolute Gasteiger partial charge is 0.457 e. The van der Waals surface area contributed by atoms with Gasteiger partial charge in [-0.15, -0.1) is 0 Å². The van der Waals surface area contributed by atoms with Crippen LogP contribution in [0, 0.1) is 6.92 Å². The zero-order chi connectivity index (χ0) is 22.6. The molecule has 1 aliphatic heterocycles. The molecule has 0 spiro atoms. The topological polar surface area (TPSA) is 58.6 Å². The molecule has 1 saturated heterocycles. The number of hydrogen-bond acceptors (Lipinski definition) is 3. The van der Waals surface area contributed by atoms with Gasteiger partial charge in [0.2, 0.25) is 11.8 Å². The van der Waals surface area contributed by atoms with E-state index in [1.54, 1.807) is 6.92 Å². The van der Waals surface area contributed by atoms with Gasteiger partial charge in [-0.1, -0.05) is 42.5 Å². The van der Waals surface area contributed by atoms with Crippen molar-refractivity contribution >= 4 is 17.5 Å². The highest BCUT2D eigenvalue weighted by Crippen LogP contribution is 2.37. The summed E-state index contributed by atoms with van der Waals surface area (Å²) in [6.07, 6.45) is 1.19. The molecule has 0 radical (unpaired) electrons. The second-order valence-corrected chi connectivity index (χ2v) is 8.35. The fourth-order valence-corrected chi connectivity index (χ4v) is 4.28. The van der Waals surface area contributed by atoms with Crippen molar-refractivity contribution in [1.82, 2.24) is 4.90 Å². The standard InChI is InChI=1S/C27H28N2O3/c1-20-7-6-10-25(19-20)32-24-13-11-23(12-14-24)28-26(31)27(22-8-4-3-5-9-22)15-17-29(18-16-27)21(2)30/h3-14,19H,15-18H2,1-2H3,(H,28,31). The molecule has 0 atom stereocenters. The third kappa shape index (κ3) is 4.67. The van der Waals surface area contributed by atoms with Gasteiger partial charge >= 0.3 is 0 Å². The molecule has 5 nitrogen and oxygen atoms in total. The van der Waals surface area contributed by atoms with E-state index in [1.165, 1.54) is 0 Å². The number of nitrogens with one attached hydrogen (secondary N) is 1. The van der Waals surface area contributed by atoms with Crippen LogP contribution in [0.5, 0.6) is 11.5 Å². The molecule has 1 N–H and O–H groups in total. The van der Waals surface area contributed by atoms with Crippen molar-refractivity contribution in [3.8, 4) is 11.5 Å². The number of benzene rings is 3. The maximum Gasteiger partial charge on any atom is 0.235 e. The first-order valence-corrected chi connectivity index (χ1v) is 10.9. The van der Waals surface area contributed by atoms with Crippen LogP contribution < -0.4 is 10.1 Å². The first-order chi connectivity index (χ1) is 15.5. The van der Waals surface area contributed by atoms with Crippen molar-refractivity contribution in [2.75, 3.05) is 18.4 Å². The van der Waals surface area contributed by atoms with Gasteiger partial charge in [0.25, 0.3) is 0 Å². The van der Waals surface area contributed by atoms with E-state index in [9.17, 15) is 9.59 Å². The van der Waals surface area contributed by atoms with Gasteiger partial charge in [-0.25, -0.2) is 0 Å². The zero-order valence-corrected chi connectivity index (χ0v) is 18.5. The fraction of sp³-hybridized carbons (Fsp3) is 0.259. The van der Waals surface area contributed by atoms with Gasteiger partial charge in [0.1, 0.15) is 11.5 Å². The Labute approximate surface area is 189 Å². The number of likely N-dealkylation sites (tertiary alicyclic amines) is 1. The van der Waals surface area contributed by atoms with E-state index in [0.717, 1.165) is 22.6 Å². The van der Waals surface area contributed by atoms with Gasteiger partial charge in [0.15, 0.2) is 0 Å². The van der Waals surface area contributed by atoms with Crippen molar-refractivity contribution in [2.45, 2.75) is 32.1 Å². The average Bonchev–Trinajstić information content (AvgIpc) is 2.81. The van der Waals surface area contributed by atoms with Crippen LogP contribution >= 0.6 is 0 Å². The summed E-state index contributed by atoms with van der Waals surface area (Å²) in [4.78, 5) is 27.1. The molecule has 3 aromatic rings. The first-order valence-electron chi connectivity index (χ1n) is 10.9. The second kappa shape index (κ2) is 9.27. The Hall–Kier alpha value is -3.60. The monoisotopic (exact) mass is 428 g/mol. The zero-order valence-electron chi connectivity index (χ0n) is 18.5. The van der Waals surface area contributed by atoms with E-state index in [0.29, 0.717) is 31.7 Å². The molecule has 5 heteroatoms. The molecule has 1 heterocycles.